The summed E-state index contributed by atoms with van der Waals surface area (Å²) in [5, 5.41) is 0. The molecule has 472 valence electrons. The summed E-state index contributed by atoms with van der Waals surface area (Å²) in [5.41, 5.74) is 0. The van der Waals surface area contributed by atoms with Gasteiger partial charge in [-0.1, -0.05) is 323 Å². The molecule has 1 unspecified atom stereocenters. The fraction of sp³-hybridized carbons (Fsp3) is 0.750. The SMILES string of the molecule is CC/C=C\C/C=C\C/C=C\C/C=C\C/C=C\C/C=C\CCCCCCCCCCCCC(=O)OCC(COC(=O)CCCCCCCCCCCC)OC(=O)CCCCCCCCCCCCCCC/C=C\C/C=C\CCCCCCC. The van der Waals surface area contributed by atoms with E-state index in [1.165, 1.54) is 205 Å². The summed E-state index contributed by atoms with van der Waals surface area (Å²) < 4.78 is 17.0. The molecular weight excluding hydrogens is 1010 g/mol. The molecule has 82 heavy (non-hydrogen) atoms. The van der Waals surface area contributed by atoms with E-state index in [1.807, 2.05) is 0 Å². The molecule has 0 aliphatic carbocycles. The van der Waals surface area contributed by atoms with Gasteiger partial charge in [0.1, 0.15) is 13.2 Å². The van der Waals surface area contributed by atoms with E-state index in [0.29, 0.717) is 19.3 Å². The van der Waals surface area contributed by atoms with Gasteiger partial charge in [0.2, 0.25) is 0 Å². The van der Waals surface area contributed by atoms with Gasteiger partial charge >= 0.3 is 17.9 Å². The first kappa shape index (κ1) is 78.3. The Kier molecular flexibility index (Phi) is 66.7. The normalized spacial score (nSPS) is 12.7. The van der Waals surface area contributed by atoms with Crippen LogP contribution in [-0.4, -0.2) is 37.2 Å². The smallest absolute Gasteiger partial charge is 0.306 e. The van der Waals surface area contributed by atoms with Crippen LogP contribution in [0.3, 0.4) is 0 Å². The minimum absolute atomic E-state index is 0.0751. The lowest BCUT2D eigenvalue weighted by molar-refractivity contribution is -0.167. The third-order valence-electron chi connectivity index (χ3n) is 15.3. The van der Waals surface area contributed by atoms with Crippen LogP contribution in [0.2, 0.25) is 0 Å². The first-order valence-electron chi connectivity index (χ1n) is 35.2. The summed E-state index contributed by atoms with van der Waals surface area (Å²) in [4.78, 5) is 38.3. The average Bonchev–Trinajstić information content (AvgIpc) is 3.48. The third-order valence-corrected chi connectivity index (χ3v) is 15.3. The van der Waals surface area contributed by atoms with Gasteiger partial charge in [-0.25, -0.2) is 0 Å². The number of unbranched alkanes of at least 4 members (excludes halogenated alkanes) is 37. The fourth-order valence-electron chi connectivity index (χ4n) is 10.1. The second kappa shape index (κ2) is 69.8. The molecule has 1 atom stereocenters. The summed E-state index contributed by atoms with van der Waals surface area (Å²) >= 11 is 0. The summed E-state index contributed by atoms with van der Waals surface area (Å²) in [6, 6.07) is 0. The van der Waals surface area contributed by atoms with Crippen molar-refractivity contribution in [2.24, 2.45) is 0 Å². The van der Waals surface area contributed by atoms with Crippen LogP contribution in [0.5, 0.6) is 0 Å². The molecule has 0 fully saturated rings. The number of esters is 3. The quantitative estimate of drug-likeness (QED) is 0.0261. The van der Waals surface area contributed by atoms with Crippen LogP contribution in [0.15, 0.2) is 97.2 Å². The van der Waals surface area contributed by atoms with Gasteiger partial charge in [0.05, 0.1) is 0 Å². The molecule has 0 rings (SSSR count). The highest BCUT2D eigenvalue weighted by molar-refractivity contribution is 5.71. The lowest BCUT2D eigenvalue weighted by Gasteiger charge is -2.18. The van der Waals surface area contributed by atoms with Crippen LogP contribution in [0.25, 0.3) is 0 Å². The zero-order valence-electron chi connectivity index (χ0n) is 54.2. The number of hydrogen-bond donors (Lipinski definition) is 0. The Hall–Kier alpha value is -3.67. The minimum atomic E-state index is -0.779. The third kappa shape index (κ3) is 67.1. The van der Waals surface area contributed by atoms with Crippen molar-refractivity contribution in [3.63, 3.8) is 0 Å². The second-order valence-electron chi connectivity index (χ2n) is 23.4. The lowest BCUT2D eigenvalue weighted by Crippen LogP contribution is -2.30. The first-order chi connectivity index (χ1) is 40.5. The van der Waals surface area contributed by atoms with E-state index in [1.54, 1.807) is 0 Å². The number of carbonyl (C=O) groups is 3. The van der Waals surface area contributed by atoms with Gasteiger partial charge in [-0.2, -0.15) is 0 Å². The molecular formula is C76H132O6. The van der Waals surface area contributed by atoms with Crippen LogP contribution in [-0.2, 0) is 28.6 Å². The van der Waals surface area contributed by atoms with Crippen LogP contribution in [0.4, 0.5) is 0 Å². The Bertz CT molecular complexity index is 1590. The molecule has 0 radical (unpaired) electrons. The standard InChI is InChI=1S/C76H132O6/c1-4-7-10-13-16-19-22-24-26-28-30-32-34-36-37-38-39-41-42-44-46-48-50-52-54-57-60-63-66-69-75(78)81-72-73(71-80-74(77)68-65-62-59-56-21-18-15-12-9-6-3)82-76(79)70-67-64-61-58-55-53-51-49-47-45-43-40-35-33-31-29-27-25-23-20-17-14-11-8-5-2/h7,10,16,19,23-26,29-32,36-37,39,41,73H,4-6,8-9,11-15,17-18,20-22,27-28,33-35,38,40,42-72H2,1-3H3/b10-7-,19-16-,25-23-,26-24-,31-29-,32-30-,37-36-,41-39-. The summed E-state index contributed by atoms with van der Waals surface area (Å²) in [6.07, 6.45) is 94.4. The van der Waals surface area contributed by atoms with E-state index in [0.717, 1.165) is 103 Å². The molecule has 0 aromatic heterocycles. The molecule has 0 saturated heterocycles. The number of rotatable bonds is 64. The molecule has 6 heteroatoms. The Morgan fingerprint density at radius 2 is 0.476 bits per heavy atom. The maximum Gasteiger partial charge on any atom is 0.306 e. The van der Waals surface area contributed by atoms with E-state index >= 15 is 0 Å². The molecule has 0 aromatic carbocycles. The van der Waals surface area contributed by atoms with Gasteiger partial charge in [0.25, 0.3) is 0 Å². The highest BCUT2D eigenvalue weighted by Crippen LogP contribution is 2.17. The molecule has 0 bridgehead atoms. The summed E-state index contributed by atoms with van der Waals surface area (Å²) in [5.74, 6) is -0.867. The van der Waals surface area contributed by atoms with E-state index in [2.05, 4.69) is 118 Å². The summed E-state index contributed by atoms with van der Waals surface area (Å²) in [7, 11) is 0. The number of carbonyl (C=O) groups excluding carboxylic acids is 3. The van der Waals surface area contributed by atoms with Gasteiger partial charge in [-0.05, 0) is 103 Å². The minimum Gasteiger partial charge on any atom is -0.462 e. The molecule has 0 aliphatic rings. The van der Waals surface area contributed by atoms with Crippen LogP contribution < -0.4 is 0 Å². The van der Waals surface area contributed by atoms with Crippen molar-refractivity contribution in [2.75, 3.05) is 13.2 Å². The maximum absolute atomic E-state index is 12.9. The van der Waals surface area contributed by atoms with Gasteiger partial charge in [-0.15, -0.1) is 0 Å². The first-order valence-corrected chi connectivity index (χ1v) is 35.2. The molecule has 0 saturated carbocycles. The van der Waals surface area contributed by atoms with E-state index in [-0.39, 0.29) is 31.1 Å². The molecule has 0 N–H and O–H groups in total. The fourth-order valence-corrected chi connectivity index (χ4v) is 10.1. The lowest BCUT2D eigenvalue weighted by atomic mass is 10.0. The van der Waals surface area contributed by atoms with Crippen molar-refractivity contribution < 1.29 is 28.6 Å². The molecule has 0 heterocycles. The van der Waals surface area contributed by atoms with Gasteiger partial charge in [-0.3, -0.25) is 14.4 Å². The Morgan fingerprint density at radius 1 is 0.256 bits per heavy atom. The van der Waals surface area contributed by atoms with Crippen molar-refractivity contribution in [1.82, 2.24) is 0 Å². The molecule has 6 nitrogen and oxygen atoms in total. The zero-order valence-corrected chi connectivity index (χ0v) is 54.2. The van der Waals surface area contributed by atoms with Crippen molar-refractivity contribution in [3.8, 4) is 0 Å². The van der Waals surface area contributed by atoms with Crippen molar-refractivity contribution >= 4 is 17.9 Å². The second-order valence-corrected chi connectivity index (χ2v) is 23.4. The number of allylic oxidation sites excluding steroid dienone is 16. The predicted molar refractivity (Wildman–Crippen MR) is 357 cm³/mol. The van der Waals surface area contributed by atoms with Gasteiger partial charge in [0.15, 0.2) is 6.10 Å². The number of ether oxygens (including phenoxy) is 3. The molecule has 0 spiro atoms. The van der Waals surface area contributed by atoms with Gasteiger partial charge in [0, 0.05) is 19.3 Å². The maximum atomic E-state index is 12.9. The van der Waals surface area contributed by atoms with Crippen molar-refractivity contribution in [1.29, 1.82) is 0 Å². The van der Waals surface area contributed by atoms with Crippen LogP contribution >= 0.6 is 0 Å². The molecule has 0 aromatic rings. The highest BCUT2D eigenvalue weighted by atomic mass is 16.6. The Labute approximate surface area is 508 Å². The largest absolute Gasteiger partial charge is 0.462 e. The monoisotopic (exact) mass is 1140 g/mol. The van der Waals surface area contributed by atoms with E-state index in [4.69, 9.17) is 14.2 Å². The van der Waals surface area contributed by atoms with Crippen LogP contribution in [0.1, 0.15) is 348 Å². The Balaban J connectivity index is 4.21. The number of hydrogen-bond acceptors (Lipinski definition) is 6. The van der Waals surface area contributed by atoms with Crippen molar-refractivity contribution in [2.45, 2.75) is 354 Å². The van der Waals surface area contributed by atoms with Gasteiger partial charge < -0.3 is 14.2 Å². The molecule has 0 aliphatic heterocycles. The van der Waals surface area contributed by atoms with E-state index in [9.17, 15) is 14.4 Å². The highest BCUT2D eigenvalue weighted by Gasteiger charge is 2.19. The molecule has 0 amide bonds. The average molecular weight is 1140 g/mol. The van der Waals surface area contributed by atoms with E-state index < -0.39 is 6.10 Å². The summed E-state index contributed by atoms with van der Waals surface area (Å²) in [6.45, 7) is 6.54. The predicted octanol–water partition coefficient (Wildman–Crippen LogP) is 24.4. The van der Waals surface area contributed by atoms with Crippen LogP contribution in [0, 0.1) is 0 Å². The zero-order chi connectivity index (χ0) is 59.2. The topological polar surface area (TPSA) is 78.9 Å². The Morgan fingerprint density at radius 3 is 0.744 bits per heavy atom. The van der Waals surface area contributed by atoms with Crippen molar-refractivity contribution in [3.05, 3.63) is 97.2 Å².